The Balaban J connectivity index is 1.69. The first-order valence-corrected chi connectivity index (χ1v) is 6.27. The van der Waals surface area contributed by atoms with Crippen molar-refractivity contribution in [1.29, 1.82) is 0 Å². The molecule has 0 radical (unpaired) electrons. The molecule has 1 aliphatic carbocycles. The zero-order chi connectivity index (χ0) is 13.1. The van der Waals surface area contributed by atoms with Crippen LogP contribution in [0, 0.1) is 0 Å². The van der Waals surface area contributed by atoms with E-state index in [9.17, 15) is 4.79 Å². The highest BCUT2D eigenvalue weighted by Gasteiger charge is 2.21. The lowest BCUT2D eigenvalue weighted by molar-refractivity contribution is 0.0949. The fraction of sp³-hybridized carbons (Fsp3) is 0.308. The summed E-state index contributed by atoms with van der Waals surface area (Å²) in [6, 6.07) is 3.51. The molecule has 0 aliphatic heterocycles. The van der Waals surface area contributed by atoms with Crippen molar-refractivity contribution in [3.8, 4) is 0 Å². The third-order valence-corrected chi connectivity index (χ3v) is 3.17. The van der Waals surface area contributed by atoms with Gasteiger partial charge in [0, 0.05) is 11.3 Å². The third kappa shape index (κ3) is 2.42. The number of H-pyrrole nitrogens is 1. The molecule has 1 amide bonds. The van der Waals surface area contributed by atoms with Gasteiger partial charge in [-0.2, -0.15) is 10.2 Å². The maximum absolute atomic E-state index is 12.0. The van der Waals surface area contributed by atoms with E-state index in [-0.39, 0.29) is 5.91 Å². The topological polar surface area (TPSA) is 83.3 Å². The number of aryl methyl sites for hydroxylation is 1. The monoisotopic (exact) mass is 258 g/mol. The second-order valence-electron chi connectivity index (χ2n) is 4.45. The summed E-state index contributed by atoms with van der Waals surface area (Å²) in [5.41, 5.74) is 5.01. The summed E-state index contributed by atoms with van der Waals surface area (Å²) in [6.07, 6.45) is 7.11. The molecule has 2 heterocycles. The van der Waals surface area contributed by atoms with Gasteiger partial charge in [0.15, 0.2) is 5.69 Å². The maximum atomic E-state index is 12.0. The summed E-state index contributed by atoms with van der Waals surface area (Å²) >= 11 is 0. The quantitative estimate of drug-likeness (QED) is 0.648. The van der Waals surface area contributed by atoms with Crippen LogP contribution in [0.1, 0.15) is 40.3 Å². The Morgan fingerprint density at radius 1 is 1.47 bits per heavy atom. The molecule has 0 atom stereocenters. The molecular formula is C13H14N4O2. The molecule has 98 valence electrons. The van der Waals surface area contributed by atoms with Gasteiger partial charge in [-0.3, -0.25) is 9.89 Å². The lowest BCUT2D eigenvalue weighted by Gasteiger charge is -2.10. The highest BCUT2D eigenvalue weighted by molar-refractivity contribution is 5.94. The zero-order valence-corrected chi connectivity index (χ0v) is 10.3. The molecule has 0 spiro atoms. The van der Waals surface area contributed by atoms with Gasteiger partial charge in [-0.25, -0.2) is 5.43 Å². The lowest BCUT2D eigenvalue weighted by atomic mass is 9.96. The molecule has 0 unspecified atom stereocenters. The summed E-state index contributed by atoms with van der Waals surface area (Å²) < 4.78 is 5.07. The average Bonchev–Trinajstić information content (AvgIpc) is 3.07. The number of amides is 1. The Labute approximate surface area is 109 Å². The summed E-state index contributed by atoms with van der Waals surface area (Å²) in [5.74, 6) is 0.298. The summed E-state index contributed by atoms with van der Waals surface area (Å²) in [5, 5.41) is 10.9. The van der Waals surface area contributed by atoms with E-state index in [1.165, 1.54) is 6.21 Å². The van der Waals surface area contributed by atoms with Gasteiger partial charge < -0.3 is 4.42 Å². The van der Waals surface area contributed by atoms with Gasteiger partial charge in [0.25, 0.3) is 5.91 Å². The van der Waals surface area contributed by atoms with Crippen LogP contribution >= 0.6 is 0 Å². The number of fused-ring (bicyclic) bond motifs is 1. The van der Waals surface area contributed by atoms with Gasteiger partial charge in [0.1, 0.15) is 5.76 Å². The summed E-state index contributed by atoms with van der Waals surface area (Å²) in [4.78, 5) is 12.0. The van der Waals surface area contributed by atoms with E-state index >= 15 is 0 Å². The van der Waals surface area contributed by atoms with Crippen LogP contribution < -0.4 is 5.43 Å². The van der Waals surface area contributed by atoms with Crippen molar-refractivity contribution in [2.24, 2.45) is 5.10 Å². The molecule has 0 saturated heterocycles. The molecule has 0 fully saturated rings. The van der Waals surface area contributed by atoms with E-state index in [1.54, 1.807) is 18.4 Å². The molecule has 0 saturated carbocycles. The highest BCUT2D eigenvalue weighted by Crippen LogP contribution is 2.21. The zero-order valence-electron chi connectivity index (χ0n) is 10.3. The predicted octanol–water partition coefficient (Wildman–Crippen LogP) is 1.65. The fourth-order valence-corrected chi connectivity index (χ4v) is 2.24. The SMILES string of the molecule is O=C(NN=Cc1ccco1)c1n[nH]c2c1CCCC2. The second kappa shape index (κ2) is 5.09. The van der Waals surface area contributed by atoms with E-state index in [2.05, 4.69) is 20.7 Å². The minimum absolute atomic E-state index is 0.290. The third-order valence-electron chi connectivity index (χ3n) is 3.17. The molecule has 6 heteroatoms. The van der Waals surface area contributed by atoms with Crippen LogP contribution in [0.15, 0.2) is 27.9 Å². The van der Waals surface area contributed by atoms with Crippen molar-refractivity contribution in [3.63, 3.8) is 0 Å². The van der Waals surface area contributed by atoms with E-state index in [0.29, 0.717) is 11.5 Å². The Hall–Kier alpha value is -2.37. The van der Waals surface area contributed by atoms with E-state index in [4.69, 9.17) is 4.42 Å². The van der Waals surface area contributed by atoms with E-state index in [1.807, 2.05) is 0 Å². The largest absolute Gasteiger partial charge is 0.463 e. The molecule has 0 aromatic carbocycles. The minimum Gasteiger partial charge on any atom is -0.463 e. The second-order valence-corrected chi connectivity index (χ2v) is 4.45. The van der Waals surface area contributed by atoms with E-state index in [0.717, 1.165) is 36.9 Å². The van der Waals surface area contributed by atoms with Crippen LogP contribution in [-0.4, -0.2) is 22.3 Å². The molecule has 19 heavy (non-hydrogen) atoms. The Morgan fingerprint density at radius 2 is 2.37 bits per heavy atom. The predicted molar refractivity (Wildman–Crippen MR) is 69.0 cm³/mol. The maximum Gasteiger partial charge on any atom is 0.292 e. The number of nitrogens with zero attached hydrogens (tertiary/aromatic N) is 2. The highest BCUT2D eigenvalue weighted by atomic mass is 16.3. The van der Waals surface area contributed by atoms with Crippen LogP contribution in [0.3, 0.4) is 0 Å². The first-order valence-electron chi connectivity index (χ1n) is 6.27. The van der Waals surface area contributed by atoms with Crippen molar-refractivity contribution < 1.29 is 9.21 Å². The van der Waals surface area contributed by atoms with Gasteiger partial charge in [-0.05, 0) is 37.8 Å². The first-order chi connectivity index (χ1) is 9.34. The Kier molecular flexibility index (Phi) is 3.14. The number of furan rings is 1. The minimum atomic E-state index is -0.290. The molecule has 0 bridgehead atoms. The number of aromatic nitrogens is 2. The number of carbonyl (C=O) groups is 1. The van der Waals surface area contributed by atoms with Crippen LogP contribution in [0.2, 0.25) is 0 Å². The van der Waals surface area contributed by atoms with Gasteiger partial charge >= 0.3 is 0 Å². The molecular weight excluding hydrogens is 244 g/mol. The molecule has 2 aromatic heterocycles. The Morgan fingerprint density at radius 3 is 3.21 bits per heavy atom. The molecule has 2 N–H and O–H groups in total. The normalized spacial score (nSPS) is 14.5. The van der Waals surface area contributed by atoms with Gasteiger partial charge in [0.05, 0.1) is 12.5 Å². The molecule has 1 aliphatic rings. The first kappa shape index (κ1) is 11.7. The standard InChI is InChI=1S/C13H14N4O2/c18-13(17-14-8-9-4-3-7-19-9)12-10-5-1-2-6-11(10)15-16-12/h3-4,7-8H,1-2,5-6H2,(H,15,16)(H,17,18). The van der Waals surface area contributed by atoms with Crippen LogP contribution in [0.25, 0.3) is 0 Å². The number of hydrazone groups is 1. The van der Waals surface area contributed by atoms with Crippen molar-refractivity contribution in [2.75, 3.05) is 0 Å². The van der Waals surface area contributed by atoms with Gasteiger partial charge in [-0.1, -0.05) is 0 Å². The number of carbonyl (C=O) groups excluding carboxylic acids is 1. The van der Waals surface area contributed by atoms with Crippen molar-refractivity contribution in [3.05, 3.63) is 41.1 Å². The average molecular weight is 258 g/mol. The smallest absolute Gasteiger partial charge is 0.292 e. The number of hydrogen-bond donors (Lipinski definition) is 2. The van der Waals surface area contributed by atoms with E-state index < -0.39 is 0 Å². The number of hydrogen-bond acceptors (Lipinski definition) is 4. The molecule has 3 rings (SSSR count). The Bertz CT molecular complexity index is 598. The number of rotatable bonds is 3. The lowest BCUT2D eigenvalue weighted by Crippen LogP contribution is -2.20. The van der Waals surface area contributed by atoms with Crippen molar-refractivity contribution >= 4 is 12.1 Å². The van der Waals surface area contributed by atoms with Crippen molar-refractivity contribution in [2.45, 2.75) is 25.7 Å². The van der Waals surface area contributed by atoms with Crippen molar-refractivity contribution in [1.82, 2.24) is 15.6 Å². The summed E-state index contributed by atoms with van der Waals surface area (Å²) in [7, 11) is 0. The molecule has 6 nitrogen and oxygen atoms in total. The van der Waals surface area contributed by atoms with Crippen LogP contribution in [-0.2, 0) is 12.8 Å². The molecule has 2 aromatic rings. The number of aromatic amines is 1. The van der Waals surface area contributed by atoms with Crippen LogP contribution in [0.4, 0.5) is 0 Å². The van der Waals surface area contributed by atoms with Crippen LogP contribution in [0.5, 0.6) is 0 Å². The fourth-order valence-electron chi connectivity index (χ4n) is 2.24. The van der Waals surface area contributed by atoms with Gasteiger partial charge in [0.2, 0.25) is 0 Å². The number of nitrogens with one attached hydrogen (secondary N) is 2. The van der Waals surface area contributed by atoms with Gasteiger partial charge in [-0.15, -0.1) is 0 Å². The summed E-state index contributed by atoms with van der Waals surface area (Å²) in [6.45, 7) is 0.